The Bertz CT molecular complexity index is 1270. The summed E-state index contributed by atoms with van der Waals surface area (Å²) in [5.41, 5.74) is 5.40. The second-order valence-corrected chi connectivity index (χ2v) is 9.25. The number of benzene rings is 2. The van der Waals surface area contributed by atoms with E-state index in [0.29, 0.717) is 16.4 Å². The van der Waals surface area contributed by atoms with E-state index in [2.05, 4.69) is 51.7 Å². The summed E-state index contributed by atoms with van der Waals surface area (Å²) >= 11 is 6.80. The SMILES string of the molecule is CCCCc1ccc(-c2csc(NC(=O)CCn3c(-c4ccc(C)cc4)n[nH]c3=S)n2)cc1. The van der Waals surface area contributed by atoms with Gasteiger partial charge in [-0.2, -0.15) is 5.10 Å². The maximum absolute atomic E-state index is 12.6. The molecule has 33 heavy (non-hydrogen) atoms. The zero-order valence-electron chi connectivity index (χ0n) is 18.8. The van der Waals surface area contributed by atoms with Crippen LogP contribution in [0.15, 0.2) is 53.9 Å². The molecular formula is C25H27N5OS2. The van der Waals surface area contributed by atoms with E-state index in [0.717, 1.165) is 29.1 Å². The van der Waals surface area contributed by atoms with E-state index in [9.17, 15) is 4.79 Å². The van der Waals surface area contributed by atoms with Crippen LogP contribution in [-0.2, 0) is 17.8 Å². The van der Waals surface area contributed by atoms with Crippen molar-refractivity contribution in [2.75, 3.05) is 5.32 Å². The van der Waals surface area contributed by atoms with E-state index in [-0.39, 0.29) is 12.3 Å². The highest BCUT2D eigenvalue weighted by Crippen LogP contribution is 2.26. The van der Waals surface area contributed by atoms with Gasteiger partial charge < -0.3 is 5.32 Å². The van der Waals surface area contributed by atoms with Gasteiger partial charge in [0.1, 0.15) is 0 Å². The molecule has 6 nitrogen and oxygen atoms in total. The highest BCUT2D eigenvalue weighted by molar-refractivity contribution is 7.71. The van der Waals surface area contributed by atoms with Crippen molar-refractivity contribution in [3.05, 3.63) is 69.8 Å². The van der Waals surface area contributed by atoms with Gasteiger partial charge in [0.05, 0.1) is 5.69 Å². The van der Waals surface area contributed by atoms with Gasteiger partial charge in [0, 0.05) is 29.5 Å². The second kappa shape index (κ2) is 10.7. The standard InChI is InChI=1S/C25H27N5OS2/c1-3-4-5-18-8-12-19(13-9-18)21-16-33-24(26-21)27-22(31)14-15-30-23(28-29-25(30)32)20-10-6-17(2)7-11-20/h6-13,16H,3-5,14-15H2,1-2H3,(H,29,32)(H,26,27,31). The van der Waals surface area contributed by atoms with Gasteiger partial charge in [-0.3, -0.25) is 14.5 Å². The Morgan fingerprint density at radius 3 is 2.58 bits per heavy atom. The maximum Gasteiger partial charge on any atom is 0.227 e. The predicted molar refractivity (Wildman–Crippen MR) is 137 cm³/mol. The fourth-order valence-corrected chi connectivity index (χ4v) is 4.49. The number of amides is 1. The fraction of sp³-hybridized carbons (Fsp3) is 0.280. The van der Waals surface area contributed by atoms with Crippen LogP contribution in [0.5, 0.6) is 0 Å². The molecule has 2 aromatic heterocycles. The lowest BCUT2D eigenvalue weighted by molar-refractivity contribution is -0.116. The first-order valence-corrected chi connectivity index (χ1v) is 12.4. The van der Waals surface area contributed by atoms with E-state index >= 15 is 0 Å². The summed E-state index contributed by atoms with van der Waals surface area (Å²) < 4.78 is 2.35. The minimum absolute atomic E-state index is 0.108. The number of nitrogens with zero attached hydrogens (tertiary/aromatic N) is 3. The number of hydrogen-bond acceptors (Lipinski definition) is 5. The lowest BCUT2D eigenvalue weighted by atomic mass is 10.1. The summed E-state index contributed by atoms with van der Waals surface area (Å²) in [4.78, 5) is 17.2. The van der Waals surface area contributed by atoms with E-state index < -0.39 is 0 Å². The number of carbonyl (C=O) groups is 1. The summed E-state index contributed by atoms with van der Waals surface area (Å²) in [7, 11) is 0. The van der Waals surface area contributed by atoms with Crippen LogP contribution in [0.3, 0.4) is 0 Å². The van der Waals surface area contributed by atoms with Gasteiger partial charge >= 0.3 is 0 Å². The number of carbonyl (C=O) groups excluding carboxylic acids is 1. The molecule has 170 valence electrons. The number of nitrogens with one attached hydrogen (secondary N) is 2. The third kappa shape index (κ3) is 5.83. The van der Waals surface area contributed by atoms with Crippen molar-refractivity contribution in [3.63, 3.8) is 0 Å². The van der Waals surface area contributed by atoms with Crippen LogP contribution in [0.25, 0.3) is 22.6 Å². The normalized spacial score (nSPS) is 11.0. The Balaban J connectivity index is 1.37. The van der Waals surface area contributed by atoms with E-state index in [1.165, 1.54) is 35.3 Å². The first kappa shape index (κ1) is 23.1. The molecule has 0 fully saturated rings. The molecule has 0 atom stereocenters. The molecular weight excluding hydrogens is 450 g/mol. The molecule has 0 aliphatic carbocycles. The lowest BCUT2D eigenvalue weighted by Crippen LogP contribution is -2.15. The number of aromatic amines is 1. The quantitative estimate of drug-likeness (QED) is 0.273. The Labute approximate surface area is 202 Å². The smallest absolute Gasteiger partial charge is 0.227 e. The van der Waals surface area contributed by atoms with Crippen LogP contribution in [-0.4, -0.2) is 25.7 Å². The fourth-order valence-electron chi connectivity index (χ4n) is 3.53. The third-order valence-corrected chi connectivity index (χ3v) is 6.52. The topological polar surface area (TPSA) is 75.6 Å². The van der Waals surface area contributed by atoms with Gasteiger partial charge in [0.15, 0.2) is 15.7 Å². The van der Waals surface area contributed by atoms with Gasteiger partial charge in [-0.05, 0) is 37.5 Å². The zero-order valence-corrected chi connectivity index (χ0v) is 20.4. The van der Waals surface area contributed by atoms with Crippen molar-refractivity contribution in [1.29, 1.82) is 0 Å². The Morgan fingerprint density at radius 2 is 1.85 bits per heavy atom. The van der Waals surface area contributed by atoms with Crippen LogP contribution in [0, 0.1) is 11.7 Å². The van der Waals surface area contributed by atoms with Crippen LogP contribution in [0.1, 0.15) is 37.3 Å². The molecule has 8 heteroatoms. The summed E-state index contributed by atoms with van der Waals surface area (Å²) in [6, 6.07) is 16.6. The molecule has 4 rings (SSSR count). The number of thiazole rings is 1. The average Bonchev–Trinajstić information content (AvgIpc) is 3.43. The molecule has 0 unspecified atom stereocenters. The monoisotopic (exact) mass is 477 g/mol. The number of anilines is 1. The van der Waals surface area contributed by atoms with Gasteiger partial charge in [0.25, 0.3) is 0 Å². The molecule has 0 saturated heterocycles. The molecule has 4 aromatic rings. The number of rotatable bonds is 9. The van der Waals surface area contributed by atoms with Gasteiger partial charge in [-0.15, -0.1) is 11.3 Å². The van der Waals surface area contributed by atoms with Crippen molar-refractivity contribution in [2.45, 2.75) is 46.1 Å². The highest BCUT2D eigenvalue weighted by atomic mass is 32.1. The zero-order chi connectivity index (χ0) is 23.2. The molecule has 2 aromatic carbocycles. The molecule has 0 spiro atoms. The van der Waals surface area contributed by atoms with Crippen LogP contribution in [0.4, 0.5) is 5.13 Å². The number of aryl methyl sites for hydroxylation is 2. The van der Waals surface area contributed by atoms with E-state index in [4.69, 9.17) is 12.2 Å². The lowest BCUT2D eigenvalue weighted by Gasteiger charge is -2.07. The Hall–Kier alpha value is -3.10. The van der Waals surface area contributed by atoms with E-state index in [1.54, 1.807) is 0 Å². The summed E-state index contributed by atoms with van der Waals surface area (Å²) in [6.07, 6.45) is 3.76. The summed E-state index contributed by atoms with van der Waals surface area (Å²) in [5, 5.41) is 12.7. The van der Waals surface area contributed by atoms with E-state index in [1.807, 2.05) is 41.1 Å². The molecule has 1 amide bonds. The molecule has 0 bridgehead atoms. The van der Waals surface area contributed by atoms with Gasteiger partial charge in [0.2, 0.25) is 5.91 Å². The summed E-state index contributed by atoms with van der Waals surface area (Å²) in [5.74, 6) is 0.621. The van der Waals surface area contributed by atoms with Crippen molar-refractivity contribution in [3.8, 4) is 22.6 Å². The number of unbranched alkanes of at least 4 members (excludes halogenated alkanes) is 1. The van der Waals surface area contributed by atoms with Crippen LogP contribution in [0.2, 0.25) is 0 Å². The molecule has 0 saturated carbocycles. The Kier molecular flexibility index (Phi) is 7.47. The van der Waals surface area contributed by atoms with Crippen LogP contribution < -0.4 is 5.32 Å². The first-order chi connectivity index (χ1) is 16.0. The summed E-state index contributed by atoms with van der Waals surface area (Å²) in [6.45, 7) is 4.67. The van der Waals surface area contributed by atoms with Crippen molar-refractivity contribution in [2.24, 2.45) is 0 Å². The Morgan fingerprint density at radius 1 is 1.12 bits per heavy atom. The minimum atomic E-state index is -0.108. The van der Waals surface area contributed by atoms with Crippen molar-refractivity contribution < 1.29 is 4.79 Å². The van der Waals surface area contributed by atoms with Gasteiger partial charge in [-0.25, -0.2) is 4.98 Å². The largest absolute Gasteiger partial charge is 0.302 e. The molecule has 2 heterocycles. The first-order valence-electron chi connectivity index (χ1n) is 11.1. The number of H-pyrrole nitrogens is 1. The van der Waals surface area contributed by atoms with Crippen LogP contribution >= 0.6 is 23.6 Å². The molecule has 2 N–H and O–H groups in total. The van der Waals surface area contributed by atoms with Crippen molar-refractivity contribution in [1.82, 2.24) is 19.7 Å². The number of hydrogen-bond donors (Lipinski definition) is 2. The predicted octanol–water partition coefficient (Wildman–Crippen LogP) is 6.41. The highest BCUT2D eigenvalue weighted by Gasteiger charge is 2.12. The minimum Gasteiger partial charge on any atom is -0.302 e. The number of aromatic nitrogens is 4. The van der Waals surface area contributed by atoms with Gasteiger partial charge in [-0.1, -0.05) is 67.4 Å². The maximum atomic E-state index is 12.6. The molecule has 0 aliphatic heterocycles. The van der Waals surface area contributed by atoms with Crippen molar-refractivity contribution >= 4 is 34.6 Å². The third-order valence-electron chi connectivity index (χ3n) is 5.45. The second-order valence-electron chi connectivity index (χ2n) is 8.01. The molecule has 0 radical (unpaired) electrons. The molecule has 0 aliphatic rings. The average molecular weight is 478 g/mol.